The molecule has 1 heterocycles. The maximum atomic E-state index is 12.3. The van der Waals surface area contributed by atoms with Crippen LogP contribution in [0.4, 0.5) is 0 Å². The SMILES string of the molecule is C[Si]1(C)[C@@H](c2ccccc2)CC(=O)C[C@H]1c1ccccc1. The van der Waals surface area contributed by atoms with Crippen molar-refractivity contribution in [2.45, 2.75) is 37.0 Å². The smallest absolute Gasteiger partial charge is 0.133 e. The van der Waals surface area contributed by atoms with Gasteiger partial charge in [-0.1, -0.05) is 73.8 Å². The van der Waals surface area contributed by atoms with Crippen molar-refractivity contribution in [3.8, 4) is 0 Å². The minimum Gasteiger partial charge on any atom is -0.300 e. The molecule has 108 valence electrons. The fourth-order valence-corrected chi connectivity index (χ4v) is 7.87. The third-order valence-electron chi connectivity index (χ3n) is 5.06. The van der Waals surface area contributed by atoms with Crippen LogP contribution in [0.3, 0.4) is 0 Å². The van der Waals surface area contributed by atoms with Crippen molar-refractivity contribution in [3.63, 3.8) is 0 Å². The third kappa shape index (κ3) is 2.73. The average molecular weight is 294 g/mol. The van der Waals surface area contributed by atoms with E-state index in [1.807, 2.05) is 0 Å². The summed E-state index contributed by atoms with van der Waals surface area (Å²) >= 11 is 0. The highest BCUT2D eigenvalue weighted by atomic mass is 28.3. The largest absolute Gasteiger partial charge is 0.300 e. The van der Waals surface area contributed by atoms with E-state index in [1.165, 1.54) is 11.1 Å². The number of hydrogen-bond acceptors (Lipinski definition) is 1. The van der Waals surface area contributed by atoms with Crippen molar-refractivity contribution in [1.82, 2.24) is 0 Å². The molecule has 0 amide bonds. The van der Waals surface area contributed by atoms with Crippen molar-refractivity contribution < 1.29 is 4.79 Å². The number of carbonyl (C=O) groups is 1. The van der Waals surface area contributed by atoms with Gasteiger partial charge in [-0.15, -0.1) is 0 Å². The molecule has 0 bridgehead atoms. The topological polar surface area (TPSA) is 17.1 Å². The van der Waals surface area contributed by atoms with Crippen molar-refractivity contribution in [3.05, 3.63) is 71.8 Å². The highest BCUT2D eigenvalue weighted by Gasteiger charge is 2.46. The highest BCUT2D eigenvalue weighted by Crippen LogP contribution is 2.45. The molecule has 0 N–H and O–H groups in total. The third-order valence-corrected chi connectivity index (χ3v) is 9.73. The lowest BCUT2D eigenvalue weighted by Crippen LogP contribution is -2.47. The quantitative estimate of drug-likeness (QED) is 0.733. The van der Waals surface area contributed by atoms with Gasteiger partial charge in [0.15, 0.2) is 0 Å². The molecule has 2 aromatic rings. The maximum absolute atomic E-state index is 12.3. The van der Waals surface area contributed by atoms with E-state index in [0.717, 1.165) is 12.8 Å². The molecule has 1 saturated heterocycles. The fraction of sp³-hybridized carbons (Fsp3) is 0.316. The zero-order valence-electron chi connectivity index (χ0n) is 12.8. The minimum atomic E-state index is -1.59. The Bertz CT molecular complexity index is 565. The summed E-state index contributed by atoms with van der Waals surface area (Å²) in [6, 6.07) is 21.3. The van der Waals surface area contributed by atoms with Gasteiger partial charge >= 0.3 is 0 Å². The van der Waals surface area contributed by atoms with E-state index in [4.69, 9.17) is 0 Å². The van der Waals surface area contributed by atoms with Gasteiger partial charge in [0, 0.05) is 12.8 Å². The predicted octanol–water partition coefficient (Wildman–Crippen LogP) is 4.70. The van der Waals surface area contributed by atoms with Gasteiger partial charge in [0.2, 0.25) is 0 Å². The van der Waals surface area contributed by atoms with Gasteiger partial charge in [-0.3, -0.25) is 4.79 Å². The summed E-state index contributed by atoms with van der Waals surface area (Å²) in [7, 11) is -1.59. The van der Waals surface area contributed by atoms with Crippen LogP contribution in [0.5, 0.6) is 0 Å². The second kappa shape index (κ2) is 5.61. The maximum Gasteiger partial charge on any atom is 0.133 e. The Balaban J connectivity index is 2.01. The Labute approximate surface area is 128 Å². The number of rotatable bonds is 2. The van der Waals surface area contributed by atoms with Gasteiger partial charge in [0.25, 0.3) is 0 Å². The Kier molecular flexibility index (Phi) is 3.81. The van der Waals surface area contributed by atoms with Gasteiger partial charge < -0.3 is 0 Å². The zero-order valence-corrected chi connectivity index (χ0v) is 13.8. The standard InChI is InChI=1S/C19H22OSi/c1-21(2)18(15-9-5-3-6-10-15)13-17(20)14-19(21)16-11-7-4-8-12-16/h3-12,18-19H,13-14H2,1-2H3/t18-,19+. The number of carbonyl (C=O) groups excluding carboxylic acids is 1. The first kappa shape index (κ1) is 14.3. The van der Waals surface area contributed by atoms with E-state index < -0.39 is 8.07 Å². The summed E-state index contributed by atoms with van der Waals surface area (Å²) in [6.45, 7) is 4.91. The molecule has 0 aromatic heterocycles. The summed E-state index contributed by atoms with van der Waals surface area (Å²) in [4.78, 5) is 12.3. The molecule has 1 aliphatic rings. The van der Waals surface area contributed by atoms with Crippen LogP contribution in [0.2, 0.25) is 13.1 Å². The summed E-state index contributed by atoms with van der Waals surface area (Å²) in [6.07, 6.45) is 1.46. The van der Waals surface area contributed by atoms with Gasteiger partial charge in [0.1, 0.15) is 5.78 Å². The van der Waals surface area contributed by atoms with Crippen LogP contribution in [0.25, 0.3) is 0 Å². The number of Topliss-reactive ketones (excluding diaryl/α,β-unsaturated/α-hetero) is 1. The summed E-state index contributed by atoms with van der Waals surface area (Å²) < 4.78 is 0. The molecule has 2 heteroatoms. The van der Waals surface area contributed by atoms with Crippen LogP contribution in [0.1, 0.15) is 35.1 Å². The first-order chi connectivity index (χ1) is 10.1. The first-order valence-electron chi connectivity index (χ1n) is 7.70. The van der Waals surface area contributed by atoms with Crippen molar-refractivity contribution in [1.29, 1.82) is 0 Å². The molecule has 0 unspecified atom stereocenters. The Hall–Kier alpha value is -1.67. The molecule has 0 radical (unpaired) electrons. The first-order valence-corrected chi connectivity index (χ1v) is 10.9. The number of hydrogen-bond donors (Lipinski definition) is 0. The van der Waals surface area contributed by atoms with Gasteiger partial charge in [-0.25, -0.2) is 0 Å². The van der Waals surface area contributed by atoms with E-state index in [9.17, 15) is 4.79 Å². The number of ketones is 1. The predicted molar refractivity (Wildman–Crippen MR) is 90.1 cm³/mol. The van der Waals surface area contributed by atoms with E-state index in [1.54, 1.807) is 0 Å². The monoisotopic (exact) mass is 294 g/mol. The molecule has 1 fully saturated rings. The van der Waals surface area contributed by atoms with E-state index in [2.05, 4.69) is 73.8 Å². The molecule has 21 heavy (non-hydrogen) atoms. The normalized spacial score (nSPS) is 24.8. The second-order valence-corrected chi connectivity index (χ2v) is 11.7. The summed E-state index contributed by atoms with van der Waals surface area (Å²) in [5, 5.41) is 0. The molecule has 1 nitrogen and oxygen atoms in total. The molecule has 0 aliphatic carbocycles. The van der Waals surface area contributed by atoms with Crippen LogP contribution >= 0.6 is 0 Å². The molecule has 0 spiro atoms. The van der Waals surface area contributed by atoms with Gasteiger partial charge in [-0.2, -0.15) is 0 Å². The summed E-state index contributed by atoms with van der Waals surface area (Å²) in [5.74, 6) is 0.421. The van der Waals surface area contributed by atoms with Gasteiger partial charge in [-0.05, 0) is 22.2 Å². The highest BCUT2D eigenvalue weighted by molar-refractivity contribution is 6.81. The molecular weight excluding hydrogens is 272 g/mol. The molecule has 2 aromatic carbocycles. The molecule has 1 aliphatic heterocycles. The van der Waals surface area contributed by atoms with Crippen LogP contribution in [0, 0.1) is 0 Å². The van der Waals surface area contributed by atoms with E-state index in [-0.39, 0.29) is 0 Å². The minimum absolute atomic E-state index is 0.421. The molecule has 0 saturated carbocycles. The van der Waals surface area contributed by atoms with E-state index >= 15 is 0 Å². The lowest BCUT2D eigenvalue weighted by Gasteiger charge is -2.43. The second-order valence-electron chi connectivity index (χ2n) is 6.69. The fourth-order valence-electron chi connectivity index (χ4n) is 3.77. The average Bonchev–Trinajstić information content (AvgIpc) is 2.51. The lowest BCUT2D eigenvalue weighted by atomic mass is 10.00. The van der Waals surface area contributed by atoms with E-state index in [0.29, 0.717) is 16.9 Å². The van der Waals surface area contributed by atoms with Crippen molar-refractivity contribution in [2.24, 2.45) is 0 Å². The van der Waals surface area contributed by atoms with Crippen LogP contribution in [-0.4, -0.2) is 13.9 Å². The Morgan fingerprint density at radius 3 is 1.52 bits per heavy atom. The molecular formula is C19H22OSi. The zero-order chi connectivity index (χ0) is 14.9. The Morgan fingerprint density at radius 1 is 0.762 bits per heavy atom. The Morgan fingerprint density at radius 2 is 1.14 bits per heavy atom. The van der Waals surface area contributed by atoms with Crippen LogP contribution < -0.4 is 0 Å². The van der Waals surface area contributed by atoms with Crippen LogP contribution in [0.15, 0.2) is 60.7 Å². The van der Waals surface area contributed by atoms with Crippen LogP contribution in [-0.2, 0) is 4.79 Å². The summed E-state index contributed by atoms with van der Waals surface area (Å²) in [5.41, 5.74) is 3.57. The molecule has 2 atom stereocenters. The number of benzene rings is 2. The van der Waals surface area contributed by atoms with Gasteiger partial charge in [0.05, 0.1) is 8.07 Å². The molecule has 3 rings (SSSR count). The lowest BCUT2D eigenvalue weighted by molar-refractivity contribution is -0.119. The van der Waals surface area contributed by atoms with Crippen molar-refractivity contribution >= 4 is 13.9 Å². The van der Waals surface area contributed by atoms with Crippen molar-refractivity contribution in [2.75, 3.05) is 0 Å².